The molecule has 1 saturated heterocycles. The number of thiocarbonyl (C=S) groups is 1. The Morgan fingerprint density at radius 3 is 2.61 bits per heavy atom. The minimum absolute atomic E-state index is 0.276. The molecule has 5 nitrogen and oxygen atoms in total. The first-order chi connectivity index (χ1) is 14.9. The van der Waals surface area contributed by atoms with Gasteiger partial charge in [-0.1, -0.05) is 91.8 Å². The summed E-state index contributed by atoms with van der Waals surface area (Å²) >= 11 is 6.48. The third-order valence-corrected chi connectivity index (χ3v) is 6.30. The van der Waals surface area contributed by atoms with Gasteiger partial charge in [0.25, 0.3) is 5.91 Å². The van der Waals surface area contributed by atoms with Gasteiger partial charge in [0.1, 0.15) is 22.7 Å². The van der Waals surface area contributed by atoms with Crippen LogP contribution in [0.1, 0.15) is 42.9 Å². The van der Waals surface area contributed by atoms with E-state index in [0.717, 1.165) is 29.3 Å². The highest BCUT2D eigenvalue weighted by Crippen LogP contribution is 2.36. The number of thioether (sulfide) groups is 1. The number of carbonyl (C=O) groups is 2. The molecule has 2 aromatic rings. The molecule has 162 valence electrons. The number of para-hydroxylation sites is 1. The number of hydrogen-bond acceptors (Lipinski definition) is 5. The number of carboxylic acid groups (broad SMARTS) is 1. The Morgan fingerprint density at radius 2 is 1.94 bits per heavy atom. The van der Waals surface area contributed by atoms with Crippen LogP contribution < -0.4 is 4.74 Å². The molecule has 1 aliphatic heterocycles. The lowest BCUT2D eigenvalue weighted by Gasteiger charge is -2.22. The first-order valence-corrected chi connectivity index (χ1v) is 11.4. The fraction of sp³-hybridized carbons (Fsp3) is 0.292. The van der Waals surface area contributed by atoms with Gasteiger partial charge in [-0.15, -0.1) is 0 Å². The molecule has 1 unspecified atom stereocenters. The van der Waals surface area contributed by atoms with Gasteiger partial charge in [-0.2, -0.15) is 0 Å². The molecule has 0 spiro atoms. The summed E-state index contributed by atoms with van der Waals surface area (Å²) in [7, 11) is 0. The van der Waals surface area contributed by atoms with Crippen molar-refractivity contribution in [2.75, 3.05) is 0 Å². The Morgan fingerprint density at radius 1 is 1.23 bits per heavy atom. The first kappa shape index (κ1) is 23.0. The Bertz CT molecular complexity index is 1000. The lowest BCUT2D eigenvalue weighted by molar-refractivity contribution is -0.145. The molecule has 1 N–H and O–H groups in total. The molecule has 3 rings (SSSR count). The van der Waals surface area contributed by atoms with Gasteiger partial charge >= 0.3 is 5.97 Å². The third-order valence-electron chi connectivity index (χ3n) is 4.97. The van der Waals surface area contributed by atoms with Crippen LogP contribution in [0.4, 0.5) is 0 Å². The maximum Gasteiger partial charge on any atom is 0.326 e. The lowest BCUT2D eigenvalue weighted by atomic mass is 10.1. The molecule has 1 aliphatic rings. The summed E-state index contributed by atoms with van der Waals surface area (Å²) in [5.41, 5.74) is 2.98. The summed E-state index contributed by atoms with van der Waals surface area (Å²) in [6.45, 7) is 4.42. The summed E-state index contributed by atoms with van der Waals surface area (Å²) in [5, 5.41) is 9.61. The quantitative estimate of drug-likeness (QED) is 0.402. The summed E-state index contributed by atoms with van der Waals surface area (Å²) in [4.78, 5) is 26.4. The highest BCUT2D eigenvalue weighted by atomic mass is 32.2. The Labute approximate surface area is 192 Å². The Hall–Kier alpha value is -2.64. The highest BCUT2D eigenvalue weighted by Gasteiger charge is 2.40. The van der Waals surface area contributed by atoms with Gasteiger partial charge in [0.2, 0.25) is 0 Å². The van der Waals surface area contributed by atoms with Crippen LogP contribution in [0, 0.1) is 6.92 Å². The molecule has 2 aromatic carbocycles. The predicted octanol–water partition coefficient (Wildman–Crippen LogP) is 5.42. The molecule has 1 heterocycles. The van der Waals surface area contributed by atoms with Crippen LogP contribution in [-0.2, 0) is 16.2 Å². The van der Waals surface area contributed by atoms with E-state index in [2.05, 4.69) is 0 Å². The van der Waals surface area contributed by atoms with Crippen molar-refractivity contribution >= 4 is 46.3 Å². The minimum Gasteiger partial charge on any atom is -0.488 e. The number of amides is 1. The highest BCUT2D eigenvalue weighted by molar-refractivity contribution is 8.26. The van der Waals surface area contributed by atoms with E-state index in [-0.39, 0.29) is 10.2 Å². The van der Waals surface area contributed by atoms with Crippen LogP contribution in [0.25, 0.3) is 6.08 Å². The molecule has 31 heavy (non-hydrogen) atoms. The molecule has 0 bridgehead atoms. The molecule has 7 heteroatoms. The second-order valence-corrected chi connectivity index (χ2v) is 9.04. The molecular formula is C24H25NO4S2. The van der Waals surface area contributed by atoms with Crippen molar-refractivity contribution in [2.45, 2.75) is 45.8 Å². The molecule has 1 amide bonds. The number of hydrogen-bond donors (Lipinski definition) is 1. The summed E-state index contributed by atoms with van der Waals surface area (Å²) in [5.74, 6) is -0.756. The van der Waals surface area contributed by atoms with Gasteiger partial charge in [0, 0.05) is 5.56 Å². The van der Waals surface area contributed by atoms with Crippen LogP contribution in [0.2, 0.25) is 0 Å². The van der Waals surface area contributed by atoms with Crippen molar-refractivity contribution in [3.63, 3.8) is 0 Å². The van der Waals surface area contributed by atoms with Crippen molar-refractivity contribution in [1.82, 2.24) is 4.90 Å². The monoisotopic (exact) mass is 455 g/mol. The molecule has 1 atom stereocenters. The number of carboxylic acids is 1. The van der Waals surface area contributed by atoms with E-state index >= 15 is 0 Å². The molecule has 0 aliphatic carbocycles. The lowest BCUT2D eigenvalue weighted by Crippen LogP contribution is -2.43. The van der Waals surface area contributed by atoms with Gasteiger partial charge in [0.15, 0.2) is 0 Å². The maximum absolute atomic E-state index is 13.0. The Balaban J connectivity index is 1.80. The zero-order valence-electron chi connectivity index (χ0n) is 17.5. The zero-order chi connectivity index (χ0) is 22.4. The smallest absolute Gasteiger partial charge is 0.326 e. The topological polar surface area (TPSA) is 66.8 Å². The first-order valence-electron chi connectivity index (χ1n) is 10.2. The van der Waals surface area contributed by atoms with E-state index in [9.17, 15) is 14.7 Å². The van der Waals surface area contributed by atoms with Crippen molar-refractivity contribution in [3.05, 3.63) is 70.1 Å². The van der Waals surface area contributed by atoms with Gasteiger partial charge in [-0.3, -0.25) is 9.69 Å². The maximum atomic E-state index is 13.0. The molecule has 1 fully saturated rings. The Kier molecular flexibility index (Phi) is 7.87. The number of aryl methyl sites for hydroxylation is 1. The van der Waals surface area contributed by atoms with Crippen molar-refractivity contribution < 1.29 is 19.4 Å². The number of aliphatic carboxylic acids is 1. The van der Waals surface area contributed by atoms with E-state index in [1.54, 1.807) is 6.08 Å². The van der Waals surface area contributed by atoms with E-state index < -0.39 is 12.0 Å². The predicted molar refractivity (Wildman–Crippen MR) is 128 cm³/mol. The third kappa shape index (κ3) is 5.74. The number of unbranched alkanes of at least 4 members (excludes halogenated alkanes) is 1. The largest absolute Gasteiger partial charge is 0.488 e. The SMILES string of the molecule is CCCCC(C(=O)O)N1C(=O)/C(=C/c2ccccc2OCc2ccc(C)cc2)SC1=S. The second kappa shape index (κ2) is 10.6. The number of carbonyl (C=O) groups excluding carboxylic acids is 1. The average molecular weight is 456 g/mol. The number of rotatable bonds is 9. The summed E-state index contributed by atoms with van der Waals surface area (Å²) in [6.07, 6.45) is 3.66. The second-order valence-electron chi connectivity index (χ2n) is 7.36. The molecule has 0 radical (unpaired) electrons. The number of benzene rings is 2. The van der Waals surface area contributed by atoms with Crippen LogP contribution in [0.15, 0.2) is 53.4 Å². The van der Waals surface area contributed by atoms with Gasteiger partial charge in [-0.05, 0) is 31.1 Å². The van der Waals surface area contributed by atoms with Crippen molar-refractivity contribution in [2.24, 2.45) is 0 Å². The van der Waals surface area contributed by atoms with Gasteiger partial charge in [0.05, 0.1) is 4.91 Å². The fourth-order valence-electron chi connectivity index (χ4n) is 3.23. The van der Waals surface area contributed by atoms with Crippen LogP contribution >= 0.6 is 24.0 Å². The normalized spacial score (nSPS) is 16.1. The fourth-order valence-corrected chi connectivity index (χ4v) is 4.57. The van der Waals surface area contributed by atoms with Crippen LogP contribution in [0.5, 0.6) is 5.75 Å². The summed E-state index contributed by atoms with van der Waals surface area (Å²) in [6, 6.07) is 14.6. The number of ether oxygens (including phenoxy) is 1. The molecule has 0 aromatic heterocycles. The van der Waals surface area contributed by atoms with E-state index in [1.165, 1.54) is 10.5 Å². The number of nitrogens with zero attached hydrogens (tertiary/aromatic N) is 1. The molecular weight excluding hydrogens is 430 g/mol. The average Bonchev–Trinajstić information content (AvgIpc) is 3.02. The van der Waals surface area contributed by atoms with Gasteiger partial charge < -0.3 is 9.84 Å². The van der Waals surface area contributed by atoms with E-state index in [0.29, 0.717) is 30.1 Å². The van der Waals surface area contributed by atoms with Crippen molar-refractivity contribution in [3.8, 4) is 5.75 Å². The summed E-state index contributed by atoms with van der Waals surface area (Å²) < 4.78 is 6.27. The van der Waals surface area contributed by atoms with Crippen LogP contribution in [-0.4, -0.2) is 32.2 Å². The minimum atomic E-state index is -1.03. The van der Waals surface area contributed by atoms with Gasteiger partial charge in [-0.25, -0.2) is 4.79 Å². The standard InChI is InChI=1S/C24H25NO4S2/c1-3-4-8-19(23(27)28)25-22(26)21(31-24(25)30)14-18-7-5-6-9-20(18)29-15-17-12-10-16(2)11-13-17/h5-7,9-14,19H,3-4,8,15H2,1-2H3,(H,27,28)/b21-14-. The van der Waals surface area contributed by atoms with E-state index in [4.69, 9.17) is 17.0 Å². The van der Waals surface area contributed by atoms with Crippen molar-refractivity contribution in [1.29, 1.82) is 0 Å². The van der Waals surface area contributed by atoms with Crippen LogP contribution in [0.3, 0.4) is 0 Å². The zero-order valence-corrected chi connectivity index (χ0v) is 19.2. The molecule has 0 saturated carbocycles. The van der Waals surface area contributed by atoms with E-state index in [1.807, 2.05) is 62.4 Å².